The van der Waals surface area contributed by atoms with Crippen molar-refractivity contribution in [2.45, 2.75) is 75.7 Å². The van der Waals surface area contributed by atoms with Crippen molar-refractivity contribution < 1.29 is 28.3 Å². The Kier molecular flexibility index (Phi) is 21.0. The Hall–Kier alpha value is -2.55. The van der Waals surface area contributed by atoms with Gasteiger partial charge in [-0.2, -0.15) is 0 Å². The van der Waals surface area contributed by atoms with Gasteiger partial charge in [0, 0.05) is 28.9 Å². The summed E-state index contributed by atoms with van der Waals surface area (Å²) in [4.78, 5) is 47.6. The topological polar surface area (TPSA) is 94.6 Å². The zero-order valence-electron chi connectivity index (χ0n) is 26.1. The Balaban J connectivity index is 0. The first kappa shape index (κ1) is 39.6. The summed E-state index contributed by atoms with van der Waals surface area (Å²) < 4.78 is 15.4. The van der Waals surface area contributed by atoms with Gasteiger partial charge in [-0.1, -0.05) is 115 Å². The molecule has 0 radical (unpaired) electrons. The fourth-order valence-corrected chi connectivity index (χ4v) is 4.15. The van der Waals surface area contributed by atoms with Crippen LogP contribution >= 0.6 is 17.3 Å². The second-order valence-corrected chi connectivity index (χ2v) is 10.6. The highest BCUT2D eigenvalue weighted by Gasteiger charge is 2.37. The number of benzene rings is 2. The summed E-state index contributed by atoms with van der Waals surface area (Å²) in [6.45, 7) is 20.6. The Morgan fingerprint density at radius 2 is 1.25 bits per heavy atom. The van der Waals surface area contributed by atoms with Gasteiger partial charge < -0.3 is 4.52 Å². The molecule has 0 bridgehead atoms. The molecule has 0 saturated heterocycles. The van der Waals surface area contributed by atoms with Crippen LogP contribution in [0.15, 0.2) is 48.5 Å². The maximum absolute atomic E-state index is 12.4. The summed E-state index contributed by atoms with van der Waals surface area (Å²) in [5, 5.41) is 0. The highest BCUT2D eigenvalue weighted by Crippen LogP contribution is 2.31. The third kappa shape index (κ3) is 13.7. The number of hydrogen-bond donors (Lipinski definition) is 0. The van der Waals surface area contributed by atoms with E-state index in [1.807, 2.05) is 65.8 Å². The fourth-order valence-electron chi connectivity index (χ4n) is 3.22. The van der Waals surface area contributed by atoms with Crippen LogP contribution in [0.2, 0.25) is 0 Å². The first-order chi connectivity index (χ1) is 18.8. The molecule has 2 aromatic carbocycles. The standard InChI is InChI=1S/C15H19O3P.C13H17O3P.2C2H6/c1-10-5-7-12(8-6-10)14(17)11(2)15(3,4)13(16)9-19-18;1-9-4-6-11(7-5-9)12(14)8-10(2)13(15)16-17-3;2*1-2/h5-8,11H,9H2,1-4H3;4-7,10,17H,8H2,1-3H3;2*1-2H3. The molecule has 0 spiro atoms. The van der Waals surface area contributed by atoms with Crippen molar-refractivity contribution in [1.29, 1.82) is 0 Å². The molecule has 0 aliphatic carbocycles. The van der Waals surface area contributed by atoms with E-state index < -0.39 is 11.3 Å². The largest absolute Gasteiger partial charge is 0.448 e. The van der Waals surface area contributed by atoms with Crippen LogP contribution in [0.25, 0.3) is 0 Å². The van der Waals surface area contributed by atoms with Crippen molar-refractivity contribution in [3.05, 3.63) is 70.8 Å². The van der Waals surface area contributed by atoms with Gasteiger partial charge in [0.2, 0.25) is 0 Å². The average molecular weight is 591 g/mol. The predicted octanol–water partition coefficient (Wildman–Crippen LogP) is 8.72. The van der Waals surface area contributed by atoms with E-state index >= 15 is 0 Å². The van der Waals surface area contributed by atoms with E-state index in [-0.39, 0.29) is 59.1 Å². The molecule has 0 saturated carbocycles. The van der Waals surface area contributed by atoms with Gasteiger partial charge in [0.1, 0.15) is 0 Å². The molecule has 2 rings (SSSR count). The van der Waals surface area contributed by atoms with Gasteiger partial charge in [0.05, 0.1) is 20.9 Å². The molecule has 0 N–H and O–H groups in total. The van der Waals surface area contributed by atoms with Crippen LogP contribution in [0, 0.1) is 31.1 Å². The fraction of sp³-hybridized carbons (Fsp3) is 0.500. The molecule has 3 atom stereocenters. The molecule has 2 aromatic rings. The van der Waals surface area contributed by atoms with Gasteiger partial charge in [0.25, 0.3) is 0 Å². The van der Waals surface area contributed by atoms with E-state index in [4.69, 9.17) is 4.52 Å². The summed E-state index contributed by atoms with van der Waals surface area (Å²) in [5.41, 5.74) is 2.65. The van der Waals surface area contributed by atoms with Gasteiger partial charge >= 0.3 is 5.97 Å². The van der Waals surface area contributed by atoms with Crippen LogP contribution in [-0.4, -0.2) is 36.1 Å². The maximum Gasteiger partial charge on any atom is 0.311 e. The van der Waals surface area contributed by atoms with Gasteiger partial charge in [-0.05, 0) is 20.5 Å². The van der Waals surface area contributed by atoms with Gasteiger partial charge in [-0.15, -0.1) is 0 Å². The molecule has 0 aliphatic rings. The van der Waals surface area contributed by atoms with Gasteiger partial charge in [0.15, 0.2) is 25.8 Å². The number of aryl methyl sites for hydroxylation is 2. The lowest BCUT2D eigenvalue weighted by Crippen LogP contribution is -2.37. The lowest BCUT2D eigenvalue weighted by Gasteiger charge is -2.28. The molecular weight excluding hydrogens is 542 g/mol. The molecule has 222 valence electrons. The van der Waals surface area contributed by atoms with Crippen molar-refractivity contribution in [3.63, 3.8) is 0 Å². The van der Waals surface area contributed by atoms with E-state index in [1.165, 1.54) is 0 Å². The lowest BCUT2D eigenvalue weighted by atomic mass is 9.73. The van der Waals surface area contributed by atoms with Gasteiger partial charge in [-0.25, -0.2) is 0 Å². The summed E-state index contributed by atoms with van der Waals surface area (Å²) in [5.74, 6) is -1.35. The van der Waals surface area contributed by atoms with Crippen LogP contribution < -0.4 is 0 Å². The number of ketones is 3. The summed E-state index contributed by atoms with van der Waals surface area (Å²) >= 11 is 0. The second kappa shape index (κ2) is 21.2. The van der Waals surface area contributed by atoms with Gasteiger partial charge in [-0.3, -0.25) is 23.7 Å². The number of rotatable bonds is 11. The zero-order valence-corrected chi connectivity index (χ0v) is 28.0. The van der Waals surface area contributed by atoms with Crippen LogP contribution in [-0.2, 0) is 18.7 Å². The van der Waals surface area contributed by atoms with Crippen LogP contribution in [0.3, 0.4) is 0 Å². The van der Waals surface area contributed by atoms with E-state index in [2.05, 4.69) is 0 Å². The highest BCUT2D eigenvalue weighted by molar-refractivity contribution is 7.31. The minimum absolute atomic E-state index is 0.0195. The molecule has 40 heavy (non-hydrogen) atoms. The number of carbonyl (C=O) groups excluding carboxylic acids is 4. The van der Waals surface area contributed by atoms with E-state index in [1.54, 1.807) is 58.6 Å². The zero-order chi connectivity index (χ0) is 31.5. The molecule has 0 fully saturated rings. The Bertz CT molecular complexity index is 1060. The van der Waals surface area contributed by atoms with E-state index in [0.717, 1.165) is 11.1 Å². The van der Waals surface area contributed by atoms with Crippen molar-refractivity contribution in [2.24, 2.45) is 17.3 Å². The Morgan fingerprint density at radius 1 is 0.825 bits per heavy atom. The van der Waals surface area contributed by atoms with Crippen molar-refractivity contribution in [2.75, 3.05) is 12.8 Å². The first-order valence-corrected chi connectivity index (χ1v) is 16.2. The van der Waals surface area contributed by atoms with Crippen LogP contribution in [0.1, 0.15) is 93.7 Å². The maximum atomic E-state index is 12.4. The molecule has 0 heterocycles. The van der Waals surface area contributed by atoms with Crippen molar-refractivity contribution in [3.8, 4) is 0 Å². The van der Waals surface area contributed by atoms with Crippen molar-refractivity contribution >= 4 is 40.6 Å². The van der Waals surface area contributed by atoms with Crippen LogP contribution in [0.4, 0.5) is 0 Å². The molecule has 8 heteroatoms. The summed E-state index contributed by atoms with van der Waals surface area (Å²) in [6, 6.07) is 14.7. The van der Waals surface area contributed by atoms with Crippen molar-refractivity contribution in [1.82, 2.24) is 0 Å². The Labute approximate surface area is 245 Å². The monoisotopic (exact) mass is 590 g/mol. The average Bonchev–Trinajstić information content (AvgIpc) is 2.95. The van der Waals surface area contributed by atoms with Crippen LogP contribution in [0.5, 0.6) is 0 Å². The highest BCUT2D eigenvalue weighted by atomic mass is 31.1. The summed E-state index contributed by atoms with van der Waals surface area (Å²) in [7, 11) is -0.0663. The van der Waals surface area contributed by atoms with E-state index in [0.29, 0.717) is 11.1 Å². The quantitative estimate of drug-likeness (QED) is 0.192. The predicted molar refractivity (Wildman–Crippen MR) is 168 cm³/mol. The summed E-state index contributed by atoms with van der Waals surface area (Å²) in [6.07, 6.45) is 0.158. The third-order valence-electron chi connectivity index (χ3n) is 6.21. The minimum atomic E-state index is -0.806. The number of carbonyl (C=O) groups is 4. The van der Waals surface area contributed by atoms with E-state index in [9.17, 15) is 23.7 Å². The smallest absolute Gasteiger partial charge is 0.311 e. The molecule has 0 aliphatic heterocycles. The first-order valence-electron chi connectivity index (χ1n) is 13.8. The molecule has 0 aromatic heterocycles. The number of hydrogen-bond acceptors (Lipinski definition) is 6. The molecule has 6 nitrogen and oxygen atoms in total. The number of Topliss-reactive ketones (excluding diaryl/α,β-unsaturated/α-hetero) is 3. The molecule has 0 amide bonds. The minimum Gasteiger partial charge on any atom is -0.448 e. The molecular formula is C32H48O6P2. The molecule has 3 unspecified atom stereocenters. The second-order valence-electron chi connectivity index (χ2n) is 9.40. The SMILES string of the molecule is CC.CC.CPOC(=O)C(C)CC(=O)c1ccc(C)cc1.Cc1ccc(C(=O)C(C)C(C)(C)C(=O)CP=O)cc1. The lowest BCUT2D eigenvalue weighted by molar-refractivity contribution is -0.137. The Morgan fingerprint density at radius 3 is 1.65 bits per heavy atom. The normalized spacial score (nSPS) is 12.0. The third-order valence-corrected chi connectivity index (χ3v) is 7.03.